The number of carbonyl (C=O) groups is 1. The summed E-state index contributed by atoms with van der Waals surface area (Å²) in [5, 5.41) is 7.35. The average Bonchev–Trinajstić information content (AvgIpc) is 3.42. The lowest BCUT2D eigenvalue weighted by Gasteiger charge is -2.27. The first-order chi connectivity index (χ1) is 13.6. The Bertz CT molecular complexity index is 788. The molecule has 1 aliphatic heterocycles. The Kier molecular flexibility index (Phi) is 5.80. The molecule has 4 rings (SSSR count). The lowest BCUT2D eigenvalue weighted by atomic mass is 10.2. The van der Waals surface area contributed by atoms with Crippen molar-refractivity contribution in [2.75, 3.05) is 26.2 Å². The number of rotatable bonds is 5. The highest BCUT2D eigenvalue weighted by Gasteiger charge is 2.27. The van der Waals surface area contributed by atoms with Crippen molar-refractivity contribution in [2.45, 2.75) is 64.5 Å². The Balaban J connectivity index is 1.38. The van der Waals surface area contributed by atoms with Gasteiger partial charge in [0.25, 0.3) is 5.91 Å². The van der Waals surface area contributed by atoms with E-state index in [2.05, 4.69) is 38.5 Å². The molecule has 0 aromatic carbocycles. The molecule has 2 aliphatic rings. The SMILES string of the molecule is CC(C)c1nccn1Cc1cc(C(=O)N2CCCN(C3CCCC3)CC2)n[nH]1. The smallest absolute Gasteiger partial charge is 0.274 e. The van der Waals surface area contributed by atoms with Gasteiger partial charge in [-0.2, -0.15) is 5.10 Å². The Morgan fingerprint density at radius 3 is 2.79 bits per heavy atom. The van der Waals surface area contributed by atoms with Crippen molar-refractivity contribution in [3.8, 4) is 0 Å². The van der Waals surface area contributed by atoms with Crippen molar-refractivity contribution in [1.82, 2.24) is 29.5 Å². The third-order valence-corrected chi connectivity index (χ3v) is 6.11. The largest absolute Gasteiger partial charge is 0.336 e. The van der Waals surface area contributed by atoms with Crippen molar-refractivity contribution >= 4 is 5.91 Å². The summed E-state index contributed by atoms with van der Waals surface area (Å²) < 4.78 is 2.11. The summed E-state index contributed by atoms with van der Waals surface area (Å²) in [5.74, 6) is 1.45. The molecule has 2 aromatic heterocycles. The summed E-state index contributed by atoms with van der Waals surface area (Å²) in [7, 11) is 0. The van der Waals surface area contributed by atoms with Gasteiger partial charge in [-0.3, -0.25) is 14.8 Å². The van der Waals surface area contributed by atoms with E-state index in [1.54, 1.807) is 0 Å². The zero-order valence-electron chi connectivity index (χ0n) is 17.1. The van der Waals surface area contributed by atoms with Gasteiger partial charge in [-0.25, -0.2) is 4.98 Å². The molecule has 2 aromatic rings. The molecule has 1 saturated carbocycles. The first-order valence-corrected chi connectivity index (χ1v) is 10.7. The highest BCUT2D eigenvalue weighted by atomic mass is 16.2. The number of H-pyrrole nitrogens is 1. The zero-order valence-corrected chi connectivity index (χ0v) is 17.1. The molecule has 2 fully saturated rings. The van der Waals surface area contributed by atoms with Gasteiger partial charge in [-0.05, 0) is 25.3 Å². The maximum atomic E-state index is 13.0. The summed E-state index contributed by atoms with van der Waals surface area (Å²) in [4.78, 5) is 22.0. The molecule has 1 aliphatic carbocycles. The van der Waals surface area contributed by atoms with Crippen LogP contribution >= 0.6 is 0 Å². The average molecular weight is 385 g/mol. The van der Waals surface area contributed by atoms with Gasteiger partial charge in [-0.15, -0.1) is 0 Å². The third kappa shape index (κ3) is 4.14. The Hall–Kier alpha value is -2.15. The molecule has 7 nitrogen and oxygen atoms in total. The Morgan fingerprint density at radius 2 is 2.00 bits per heavy atom. The van der Waals surface area contributed by atoms with E-state index in [-0.39, 0.29) is 5.91 Å². The number of nitrogens with zero attached hydrogens (tertiary/aromatic N) is 5. The van der Waals surface area contributed by atoms with Crippen LogP contribution in [0.2, 0.25) is 0 Å². The molecule has 0 spiro atoms. The van der Waals surface area contributed by atoms with Crippen LogP contribution in [0.4, 0.5) is 0 Å². The van der Waals surface area contributed by atoms with Crippen LogP contribution in [0.25, 0.3) is 0 Å². The molecule has 0 bridgehead atoms. The van der Waals surface area contributed by atoms with Crippen molar-refractivity contribution in [1.29, 1.82) is 0 Å². The maximum Gasteiger partial charge on any atom is 0.274 e. The molecule has 28 heavy (non-hydrogen) atoms. The molecule has 3 heterocycles. The predicted octanol–water partition coefficient (Wildman–Crippen LogP) is 2.87. The van der Waals surface area contributed by atoms with E-state index in [0.717, 1.165) is 50.2 Å². The van der Waals surface area contributed by atoms with Crippen LogP contribution in [0.15, 0.2) is 18.5 Å². The highest BCUT2D eigenvalue weighted by molar-refractivity contribution is 5.92. The van der Waals surface area contributed by atoms with E-state index in [1.165, 1.54) is 25.7 Å². The lowest BCUT2D eigenvalue weighted by molar-refractivity contribution is 0.0752. The van der Waals surface area contributed by atoms with Gasteiger partial charge in [0.1, 0.15) is 11.5 Å². The quantitative estimate of drug-likeness (QED) is 0.861. The fourth-order valence-electron chi connectivity index (χ4n) is 4.63. The monoisotopic (exact) mass is 384 g/mol. The number of hydrogen-bond donors (Lipinski definition) is 1. The van der Waals surface area contributed by atoms with Gasteiger partial charge < -0.3 is 9.47 Å². The van der Waals surface area contributed by atoms with Crippen LogP contribution in [-0.4, -0.2) is 67.7 Å². The fraction of sp³-hybridized carbons (Fsp3) is 0.667. The minimum Gasteiger partial charge on any atom is -0.336 e. The second-order valence-electron chi connectivity index (χ2n) is 8.47. The number of imidazole rings is 1. The van der Waals surface area contributed by atoms with Gasteiger partial charge in [0, 0.05) is 50.5 Å². The van der Waals surface area contributed by atoms with Crippen molar-refractivity contribution < 1.29 is 4.79 Å². The summed E-state index contributed by atoms with van der Waals surface area (Å²) >= 11 is 0. The Labute approximate surface area is 167 Å². The van der Waals surface area contributed by atoms with Crippen LogP contribution in [0.5, 0.6) is 0 Å². The number of aromatic nitrogens is 4. The molecule has 1 amide bonds. The van der Waals surface area contributed by atoms with Gasteiger partial charge in [0.15, 0.2) is 0 Å². The van der Waals surface area contributed by atoms with E-state index < -0.39 is 0 Å². The fourth-order valence-corrected chi connectivity index (χ4v) is 4.63. The predicted molar refractivity (Wildman–Crippen MR) is 108 cm³/mol. The van der Waals surface area contributed by atoms with Crippen molar-refractivity contribution in [2.24, 2.45) is 0 Å². The van der Waals surface area contributed by atoms with Crippen LogP contribution in [0.3, 0.4) is 0 Å². The van der Waals surface area contributed by atoms with Crippen molar-refractivity contribution in [3.05, 3.63) is 35.7 Å². The molecule has 7 heteroatoms. The van der Waals surface area contributed by atoms with E-state index >= 15 is 0 Å². The number of aromatic amines is 1. The highest BCUT2D eigenvalue weighted by Crippen LogP contribution is 2.24. The molecule has 0 radical (unpaired) electrons. The van der Waals surface area contributed by atoms with E-state index in [9.17, 15) is 4.79 Å². The topological polar surface area (TPSA) is 70.1 Å². The standard InChI is InChI=1S/C21H32N6O/c1-16(2)20-22-8-11-27(20)15-17-14-19(24-23-17)21(28)26-10-5-9-25(12-13-26)18-6-3-4-7-18/h8,11,14,16,18H,3-7,9-10,12-13,15H2,1-2H3,(H,23,24). The lowest BCUT2D eigenvalue weighted by Crippen LogP contribution is -2.38. The van der Waals surface area contributed by atoms with E-state index in [1.807, 2.05) is 23.4 Å². The van der Waals surface area contributed by atoms with Crippen molar-refractivity contribution in [3.63, 3.8) is 0 Å². The van der Waals surface area contributed by atoms with Crippen LogP contribution in [0, 0.1) is 0 Å². The first kappa shape index (κ1) is 19.2. The third-order valence-electron chi connectivity index (χ3n) is 6.11. The van der Waals surface area contributed by atoms with Gasteiger partial charge in [-0.1, -0.05) is 26.7 Å². The molecular weight excluding hydrogens is 352 g/mol. The number of nitrogens with one attached hydrogen (secondary N) is 1. The minimum absolute atomic E-state index is 0.0467. The van der Waals surface area contributed by atoms with Crippen LogP contribution < -0.4 is 0 Å². The van der Waals surface area contributed by atoms with Crippen LogP contribution in [-0.2, 0) is 6.54 Å². The summed E-state index contributed by atoms with van der Waals surface area (Å²) in [6.45, 7) is 8.65. The van der Waals surface area contributed by atoms with Gasteiger partial charge >= 0.3 is 0 Å². The molecule has 0 unspecified atom stereocenters. The number of carbonyl (C=O) groups excluding carboxylic acids is 1. The first-order valence-electron chi connectivity index (χ1n) is 10.7. The van der Waals surface area contributed by atoms with Crippen LogP contribution in [0.1, 0.15) is 73.9 Å². The van der Waals surface area contributed by atoms with Gasteiger partial charge in [0.05, 0.1) is 12.2 Å². The normalized spacial score (nSPS) is 19.5. The second-order valence-corrected chi connectivity index (χ2v) is 8.47. The molecule has 152 valence electrons. The van der Waals surface area contributed by atoms with E-state index in [4.69, 9.17) is 0 Å². The van der Waals surface area contributed by atoms with Gasteiger partial charge in [0.2, 0.25) is 0 Å². The molecule has 0 atom stereocenters. The Morgan fingerprint density at radius 1 is 1.18 bits per heavy atom. The maximum absolute atomic E-state index is 13.0. The zero-order chi connectivity index (χ0) is 19.5. The second kappa shape index (κ2) is 8.47. The number of amides is 1. The molecular formula is C21H32N6O. The minimum atomic E-state index is 0.0467. The molecule has 1 saturated heterocycles. The summed E-state index contributed by atoms with van der Waals surface area (Å²) in [5.41, 5.74) is 1.46. The van der Waals surface area contributed by atoms with E-state index in [0.29, 0.717) is 18.2 Å². The number of hydrogen-bond acceptors (Lipinski definition) is 4. The summed E-state index contributed by atoms with van der Waals surface area (Å²) in [6, 6.07) is 2.63. The molecule has 1 N–H and O–H groups in total. The summed E-state index contributed by atoms with van der Waals surface area (Å²) in [6.07, 6.45) is 10.2.